The molecule has 0 unspecified atom stereocenters. The van der Waals surface area contributed by atoms with Gasteiger partial charge in [0.1, 0.15) is 17.4 Å². The summed E-state index contributed by atoms with van der Waals surface area (Å²) >= 11 is 0. The van der Waals surface area contributed by atoms with Gasteiger partial charge >= 0.3 is 11.9 Å². The molecule has 10 atom stereocenters. The molecule has 0 aromatic carbocycles. The normalized spacial score (nSPS) is 37.9. The number of aromatic amines is 1. The molecule has 12 nitrogen and oxygen atoms in total. The van der Waals surface area contributed by atoms with Crippen LogP contribution in [0.2, 0.25) is 0 Å². The molecule has 5 saturated carbocycles. The summed E-state index contributed by atoms with van der Waals surface area (Å²) < 4.78 is 11.4. The van der Waals surface area contributed by atoms with Gasteiger partial charge in [0, 0.05) is 30.2 Å². The highest BCUT2D eigenvalue weighted by molar-refractivity contribution is 6.01. The van der Waals surface area contributed by atoms with Gasteiger partial charge in [0.05, 0.1) is 17.4 Å². The summed E-state index contributed by atoms with van der Waals surface area (Å²) in [6.07, 6.45) is 8.17. The van der Waals surface area contributed by atoms with E-state index >= 15 is 0 Å². The third-order valence-corrected chi connectivity index (χ3v) is 18.4. The fourth-order valence-corrected chi connectivity index (χ4v) is 14.9. The molecule has 0 aliphatic heterocycles. The van der Waals surface area contributed by atoms with Crippen molar-refractivity contribution < 1.29 is 38.3 Å². The molecule has 0 radical (unpaired) electrons. The average molecular weight is 834 g/mol. The van der Waals surface area contributed by atoms with Gasteiger partial charge < -0.3 is 25.0 Å². The molecule has 1 aromatic rings. The van der Waals surface area contributed by atoms with Crippen LogP contribution in [0.5, 0.6) is 0 Å². The predicted octanol–water partition coefficient (Wildman–Crippen LogP) is 7.93. The summed E-state index contributed by atoms with van der Waals surface area (Å²) in [7, 11) is 0. The maximum Gasteiger partial charge on any atom is 0.309 e. The third-order valence-electron chi connectivity index (χ3n) is 18.4. The topological polar surface area (TPSA) is 185 Å². The molecule has 0 spiro atoms. The smallest absolute Gasteiger partial charge is 0.309 e. The van der Waals surface area contributed by atoms with E-state index in [1.807, 2.05) is 13.8 Å². The second-order valence-corrected chi connectivity index (χ2v) is 23.0. The fraction of sp³-hybridized carbons (Fsp3) is 0.792. The van der Waals surface area contributed by atoms with Crippen molar-refractivity contribution in [2.75, 3.05) is 6.54 Å². The first kappa shape index (κ1) is 44.4. The lowest BCUT2D eigenvalue weighted by Gasteiger charge is -2.72. The number of carboxylic acid groups (broad SMARTS) is 1. The number of carboxylic acids is 1. The average Bonchev–Trinajstić information content (AvgIpc) is 3.62. The first-order chi connectivity index (χ1) is 27.7. The highest BCUT2D eigenvalue weighted by Gasteiger charge is 2.70. The lowest BCUT2D eigenvalue weighted by molar-refractivity contribution is -0.236. The standard InChI is InChI=1S/C48H71N3O9/c1-25(2)35-30(52)22-48(23-34(53)49-24-42(4,5)50-38(54)36-26(3)60-51-39(36)55)20-19-46(11)27(37(35)48)13-14-32-45(10)17-16-33(44(8,9)31(45)15-18-47(32,46)12)59-41(58)29-21-28(40(56)57)43(29,6)7/h25,27-29,31-33H,13-24H2,1-12H3,(H,49,53)(H,50,54)(H,51,55)(H,56,57)/t27-,28+,29-,31+,32-,33+,45+,46-,47-,48+/m1/s1. The monoisotopic (exact) mass is 834 g/mol. The zero-order valence-electron chi connectivity index (χ0n) is 38.2. The van der Waals surface area contributed by atoms with Crippen LogP contribution in [-0.4, -0.2) is 58.0 Å². The molecule has 1 heterocycles. The Morgan fingerprint density at radius 1 is 0.883 bits per heavy atom. The largest absolute Gasteiger partial charge is 0.481 e. The Morgan fingerprint density at radius 3 is 2.17 bits per heavy atom. The minimum absolute atomic E-state index is 0.00497. The molecule has 60 heavy (non-hydrogen) atoms. The molecule has 4 N–H and O–H groups in total. The molecule has 7 rings (SSSR count). The van der Waals surface area contributed by atoms with E-state index in [0.717, 1.165) is 56.9 Å². The Labute approximate surface area is 355 Å². The number of fused-ring (bicyclic) bond motifs is 7. The van der Waals surface area contributed by atoms with Crippen LogP contribution in [0.15, 0.2) is 20.5 Å². The molecule has 332 valence electrons. The van der Waals surface area contributed by atoms with E-state index in [-0.39, 0.29) is 81.5 Å². The number of aromatic nitrogens is 1. The van der Waals surface area contributed by atoms with Crippen LogP contribution in [-0.2, 0) is 23.9 Å². The minimum atomic E-state index is -0.866. The summed E-state index contributed by atoms with van der Waals surface area (Å²) in [4.78, 5) is 78.8. The van der Waals surface area contributed by atoms with E-state index in [2.05, 4.69) is 64.3 Å². The summed E-state index contributed by atoms with van der Waals surface area (Å²) in [5.41, 5.74) is -0.884. The molecule has 2 amide bonds. The Hall–Kier alpha value is -3.70. The molecule has 1 aromatic heterocycles. The molecular weight excluding hydrogens is 763 g/mol. The maximum absolute atomic E-state index is 14.1. The van der Waals surface area contributed by atoms with Crippen molar-refractivity contribution in [3.8, 4) is 0 Å². The zero-order valence-corrected chi connectivity index (χ0v) is 38.2. The first-order valence-electron chi connectivity index (χ1n) is 22.7. The quantitative estimate of drug-likeness (QED) is 0.170. The number of aliphatic carboxylic acids is 1. The third kappa shape index (κ3) is 6.56. The van der Waals surface area contributed by atoms with Crippen LogP contribution in [0.25, 0.3) is 0 Å². The van der Waals surface area contributed by atoms with E-state index in [9.17, 15) is 33.9 Å². The first-order valence-corrected chi connectivity index (χ1v) is 22.7. The van der Waals surface area contributed by atoms with Crippen molar-refractivity contribution in [1.82, 2.24) is 15.8 Å². The molecular formula is C48H71N3O9. The van der Waals surface area contributed by atoms with E-state index in [1.165, 1.54) is 5.57 Å². The molecule has 5 fully saturated rings. The number of ketones is 1. The summed E-state index contributed by atoms with van der Waals surface area (Å²) in [5, 5.41) is 17.8. The number of H-pyrrole nitrogens is 1. The van der Waals surface area contributed by atoms with Crippen LogP contribution >= 0.6 is 0 Å². The lowest BCUT2D eigenvalue weighted by atomic mass is 9.33. The van der Waals surface area contributed by atoms with Gasteiger partial charge in [-0.1, -0.05) is 67.9 Å². The van der Waals surface area contributed by atoms with Crippen molar-refractivity contribution in [2.24, 2.45) is 68.0 Å². The number of allylic oxidation sites excluding steroid dienone is 2. The van der Waals surface area contributed by atoms with Gasteiger partial charge in [0.2, 0.25) is 5.91 Å². The van der Waals surface area contributed by atoms with Gasteiger partial charge in [-0.2, -0.15) is 5.16 Å². The van der Waals surface area contributed by atoms with Crippen LogP contribution in [0.3, 0.4) is 0 Å². The zero-order chi connectivity index (χ0) is 44.3. The number of nitrogens with one attached hydrogen (secondary N) is 3. The molecule has 6 aliphatic rings. The van der Waals surface area contributed by atoms with Crippen LogP contribution in [0.4, 0.5) is 0 Å². The molecule has 0 saturated heterocycles. The van der Waals surface area contributed by atoms with Gasteiger partial charge in [0.25, 0.3) is 11.5 Å². The summed E-state index contributed by atoms with van der Waals surface area (Å²) in [6.45, 7) is 25.3. The number of carbonyl (C=O) groups excluding carboxylic acids is 4. The van der Waals surface area contributed by atoms with Crippen molar-refractivity contribution in [3.63, 3.8) is 0 Å². The summed E-state index contributed by atoms with van der Waals surface area (Å²) in [5.74, 6) is -1.38. The highest BCUT2D eigenvalue weighted by Crippen LogP contribution is 2.77. The fourth-order valence-electron chi connectivity index (χ4n) is 14.9. The van der Waals surface area contributed by atoms with Gasteiger partial charge in [-0.15, -0.1) is 0 Å². The van der Waals surface area contributed by atoms with Crippen LogP contribution in [0.1, 0.15) is 163 Å². The van der Waals surface area contributed by atoms with Gasteiger partial charge in [-0.25, -0.2) is 0 Å². The number of carbonyl (C=O) groups is 5. The van der Waals surface area contributed by atoms with E-state index in [4.69, 9.17) is 9.26 Å². The van der Waals surface area contributed by atoms with E-state index in [0.29, 0.717) is 24.7 Å². The molecule has 6 aliphatic carbocycles. The van der Waals surface area contributed by atoms with Gasteiger partial charge in [-0.05, 0) is 129 Å². The number of hydrogen-bond donors (Lipinski definition) is 4. The highest BCUT2D eigenvalue weighted by atomic mass is 16.5. The minimum Gasteiger partial charge on any atom is -0.481 e. The van der Waals surface area contributed by atoms with Crippen molar-refractivity contribution >= 4 is 29.5 Å². The second-order valence-electron chi connectivity index (χ2n) is 23.0. The number of ether oxygens (including phenoxy) is 1. The second kappa shape index (κ2) is 14.4. The molecule has 12 heteroatoms. The predicted molar refractivity (Wildman–Crippen MR) is 226 cm³/mol. The Morgan fingerprint density at radius 2 is 1.57 bits per heavy atom. The van der Waals surface area contributed by atoms with Gasteiger partial charge in [0.15, 0.2) is 5.78 Å². The molecule has 0 bridgehead atoms. The Bertz CT molecular complexity index is 2070. The Kier molecular flexibility index (Phi) is 10.7. The number of Topliss-reactive ketones (excluding diaryl/α,β-unsaturated/α-hetero) is 1. The number of rotatable bonds is 10. The number of hydrogen-bond acceptors (Lipinski definition) is 8. The van der Waals surface area contributed by atoms with Crippen molar-refractivity contribution in [3.05, 3.63) is 32.8 Å². The van der Waals surface area contributed by atoms with Crippen molar-refractivity contribution in [1.29, 1.82) is 0 Å². The van der Waals surface area contributed by atoms with Gasteiger partial charge in [-0.3, -0.25) is 28.8 Å². The van der Waals surface area contributed by atoms with Crippen LogP contribution < -0.4 is 16.2 Å². The Balaban J connectivity index is 1.09. The summed E-state index contributed by atoms with van der Waals surface area (Å²) in [6, 6.07) is 0. The van der Waals surface area contributed by atoms with Crippen LogP contribution in [0, 0.1) is 74.9 Å². The number of esters is 1. The maximum atomic E-state index is 14.1. The van der Waals surface area contributed by atoms with E-state index in [1.54, 1.807) is 20.8 Å². The van der Waals surface area contributed by atoms with Crippen molar-refractivity contribution in [2.45, 2.75) is 165 Å². The SMILES string of the molecule is Cc1o[nH]c(=O)c1C(=O)NC(C)(C)CNC(=O)C[C@@]12CC[C@]3(C)[C@H](CC[C@@H]4[C@@]5(C)CC[C@H](OC(=O)[C@H]6C[C@@H](C(=O)O)C6(C)C)C(C)(C)[C@@H]5CC[C@]43C)C1=C(C(C)C)C(=O)C2. The number of amides is 2. The lowest BCUT2D eigenvalue weighted by Crippen LogP contribution is -2.66. The van der Waals surface area contributed by atoms with E-state index < -0.39 is 45.6 Å². The number of aryl methyl sites for hydroxylation is 1.